The highest BCUT2D eigenvalue weighted by atomic mass is 16.4. The molecule has 1 saturated carbocycles. The molecule has 19 heavy (non-hydrogen) atoms. The third-order valence-corrected chi connectivity index (χ3v) is 4.82. The van der Waals surface area contributed by atoms with Crippen LogP contribution in [-0.2, 0) is 9.59 Å². The average molecular weight is 265 g/mol. The highest BCUT2D eigenvalue weighted by Gasteiger charge is 2.42. The molecular formula is C15H23NO3. The minimum absolute atomic E-state index is 0.0225. The third kappa shape index (κ3) is 2.82. The first-order valence-electron chi connectivity index (χ1n) is 7.04. The quantitative estimate of drug-likeness (QED) is 0.749. The maximum absolute atomic E-state index is 12.4. The first-order valence-corrected chi connectivity index (χ1v) is 7.04. The van der Waals surface area contributed by atoms with E-state index in [2.05, 4.69) is 17.5 Å². The van der Waals surface area contributed by atoms with E-state index in [-0.39, 0.29) is 24.2 Å². The van der Waals surface area contributed by atoms with Crippen molar-refractivity contribution in [2.24, 2.45) is 23.7 Å². The van der Waals surface area contributed by atoms with Gasteiger partial charge in [-0.25, -0.2) is 0 Å². The third-order valence-electron chi connectivity index (χ3n) is 4.82. The second kappa shape index (κ2) is 4.99. The number of nitrogens with one attached hydrogen (secondary N) is 1. The van der Waals surface area contributed by atoms with Crippen LogP contribution in [0.2, 0.25) is 0 Å². The summed E-state index contributed by atoms with van der Waals surface area (Å²) in [6.45, 7) is 5.72. The molecule has 1 fully saturated rings. The first-order chi connectivity index (χ1) is 8.82. The highest BCUT2D eigenvalue weighted by Crippen LogP contribution is 2.43. The number of carbonyl (C=O) groups is 2. The van der Waals surface area contributed by atoms with Gasteiger partial charge in [0.2, 0.25) is 5.91 Å². The molecule has 2 aliphatic rings. The summed E-state index contributed by atoms with van der Waals surface area (Å²) in [7, 11) is 0. The molecule has 0 aromatic carbocycles. The molecule has 2 rings (SSSR count). The van der Waals surface area contributed by atoms with E-state index < -0.39 is 11.5 Å². The SMILES string of the molecule is CC(C)C(C)(CC(=O)O)NC(=O)C1CC2C=CC1C2. The molecule has 1 amide bonds. The van der Waals surface area contributed by atoms with Gasteiger partial charge in [-0.05, 0) is 37.5 Å². The normalized spacial score (nSPS) is 31.5. The smallest absolute Gasteiger partial charge is 0.305 e. The number of carboxylic acid groups (broad SMARTS) is 1. The van der Waals surface area contributed by atoms with Gasteiger partial charge in [-0.3, -0.25) is 9.59 Å². The van der Waals surface area contributed by atoms with Crippen LogP contribution in [0.3, 0.4) is 0 Å². The fourth-order valence-corrected chi connectivity index (χ4v) is 3.16. The molecule has 4 atom stereocenters. The van der Waals surface area contributed by atoms with E-state index in [4.69, 9.17) is 5.11 Å². The van der Waals surface area contributed by atoms with Gasteiger partial charge in [-0.2, -0.15) is 0 Å². The Kier molecular flexibility index (Phi) is 3.70. The van der Waals surface area contributed by atoms with E-state index in [1.165, 1.54) is 0 Å². The van der Waals surface area contributed by atoms with Crippen LogP contribution in [0.1, 0.15) is 40.0 Å². The van der Waals surface area contributed by atoms with Crippen molar-refractivity contribution < 1.29 is 14.7 Å². The van der Waals surface area contributed by atoms with Gasteiger partial charge >= 0.3 is 5.97 Å². The molecule has 0 aromatic rings. The van der Waals surface area contributed by atoms with Crippen molar-refractivity contribution in [3.8, 4) is 0 Å². The number of allylic oxidation sites excluding steroid dienone is 2. The Morgan fingerprint density at radius 1 is 1.37 bits per heavy atom. The van der Waals surface area contributed by atoms with Crippen LogP contribution < -0.4 is 5.32 Å². The van der Waals surface area contributed by atoms with E-state index in [0.29, 0.717) is 11.8 Å². The van der Waals surface area contributed by atoms with Crippen LogP contribution >= 0.6 is 0 Å². The largest absolute Gasteiger partial charge is 0.481 e. The van der Waals surface area contributed by atoms with Crippen molar-refractivity contribution in [2.75, 3.05) is 0 Å². The lowest BCUT2D eigenvalue weighted by atomic mass is 9.83. The monoisotopic (exact) mass is 265 g/mol. The Hall–Kier alpha value is -1.32. The molecule has 4 nitrogen and oxygen atoms in total. The number of carboxylic acids is 1. The molecule has 0 saturated heterocycles. The minimum atomic E-state index is -0.871. The Bertz CT molecular complexity index is 416. The van der Waals surface area contributed by atoms with Crippen LogP contribution in [0, 0.1) is 23.7 Å². The van der Waals surface area contributed by atoms with Crippen molar-refractivity contribution in [1.29, 1.82) is 0 Å². The van der Waals surface area contributed by atoms with E-state index >= 15 is 0 Å². The van der Waals surface area contributed by atoms with Gasteiger partial charge in [0, 0.05) is 11.5 Å². The number of amides is 1. The molecule has 4 unspecified atom stereocenters. The minimum Gasteiger partial charge on any atom is -0.481 e. The molecular weight excluding hydrogens is 242 g/mol. The highest BCUT2D eigenvalue weighted by molar-refractivity contribution is 5.81. The summed E-state index contributed by atoms with van der Waals surface area (Å²) in [4.78, 5) is 23.4. The van der Waals surface area contributed by atoms with Gasteiger partial charge in [0.1, 0.15) is 0 Å². The fourth-order valence-electron chi connectivity index (χ4n) is 3.16. The summed E-state index contributed by atoms with van der Waals surface area (Å²) >= 11 is 0. The Balaban J connectivity index is 2.03. The maximum Gasteiger partial charge on any atom is 0.305 e. The topological polar surface area (TPSA) is 66.4 Å². The molecule has 0 aliphatic heterocycles. The molecule has 106 valence electrons. The molecule has 0 radical (unpaired) electrons. The lowest BCUT2D eigenvalue weighted by molar-refractivity contribution is -0.140. The number of aliphatic carboxylic acids is 1. The van der Waals surface area contributed by atoms with Crippen molar-refractivity contribution in [3.05, 3.63) is 12.2 Å². The average Bonchev–Trinajstić information content (AvgIpc) is 2.88. The molecule has 0 spiro atoms. The summed E-state index contributed by atoms with van der Waals surface area (Å²) < 4.78 is 0. The van der Waals surface area contributed by atoms with E-state index in [1.807, 2.05) is 20.8 Å². The number of carbonyl (C=O) groups excluding carboxylic acids is 1. The lowest BCUT2D eigenvalue weighted by Crippen LogP contribution is -2.53. The van der Waals surface area contributed by atoms with Crippen LogP contribution in [0.15, 0.2) is 12.2 Å². The standard InChI is InChI=1S/C15H23NO3/c1-9(2)15(3,8-13(17)18)16-14(19)12-7-10-4-5-11(12)6-10/h4-5,9-12H,6-8H2,1-3H3,(H,16,19)(H,17,18). The van der Waals surface area contributed by atoms with Crippen LogP contribution in [0.5, 0.6) is 0 Å². The number of hydrogen-bond acceptors (Lipinski definition) is 2. The zero-order chi connectivity index (χ0) is 14.2. The molecule has 0 aromatic heterocycles. The van der Waals surface area contributed by atoms with E-state index in [9.17, 15) is 9.59 Å². The van der Waals surface area contributed by atoms with Crippen molar-refractivity contribution in [3.63, 3.8) is 0 Å². The van der Waals surface area contributed by atoms with E-state index in [0.717, 1.165) is 12.8 Å². The number of rotatable bonds is 5. The zero-order valence-corrected chi connectivity index (χ0v) is 11.8. The van der Waals surface area contributed by atoms with Crippen LogP contribution in [0.4, 0.5) is 0 Å². The molecule has 2 aliphatic carbocycles. The molecule has 2 bridgehead atoms. The number of fused-ring (bicyclic) bond motifs is 2. The van der Waals surface area contributed by atoms with Gasteiger partial charge in [0.05, 0.1) is 6.42 Å². The first kappa shape index (κ1) is 14.1. The van der Waals surface area contributed by atoms with Gasteiger partial charge < -0.3 is 10.4 Å². The summed E-state index contributed by atoms with van der Waals surface area (Å²) in [5.41, 5.74) is -0.672. The number of hydrogen-bond donors (Lipinski definition) is 2. The summed E-state index contributed by atoms with van der Waals surface area (Å²) in [6, 6.07) is 0. The summed E-state index contributed by atoms with van der Waals surface area (Å²) in [5.74, 6) is 0.166. The molecule has 4 heteroatoms. The van der Waals surface area contributed by atoms with Gasteiger partial charge in [0.25, 0.3) is 0 Å². The van der Waals surface area contributed by atoms with Crippen LogP contribution in [0.25, 0.3) is 0 Å². The molecule has 0 heterocycles. The fraction of sp³-hybridized carbons (Fsp3) is 0.733. The van der Waals surface area contributed by atoms with Crippen molar-refractivity contribution >= 4 is 11.9 Å². The summed E-state index contributed by atoms with van der Waals surface area (Å²) in [6.07, 6.45) is 6.30. The maximum atomic E-state index is 12.4. The molecule has 2 N–H and O–H groups in total. The van der Waals surface area contributed by atoms with Crippen molar-refractivity contribution in [1.82, 2.24) is 5.32 Å². The Labute approximate surface area is 114 Å². The van der Waals surface area contributed by atoms with Gasteiger partial charge in [-0.15, -0.1) is 0 Å². The predicted octanol–water partition coefficient (Wildman–Crippen LogP) is 2.20. The summed E-state index contributed by atoms with van der Waals surface area (Å²) in [5, 5.41) is 12.0. The lowest BCUT2D eigenvalue weighted by Gasteiger charge is -2.35. The Morgan fingerprint density at radius 3 is 2.47 bits per heavy atom. The van der Waals surface area contributed by atoms with Crippen molar-refractivity contribution in [2.45, 2.75) is 45.6 Å². The second-order valence-electron chi connectivity index (χ2n) is 6.52. The zero-order valence-electron chi connectivity index (χ0n) is 11.8. The Morgan fingerprint density at radius 2 is 2.05 bits per heavy atom. The van der Waals surface area contributed by atoms with Gasteiger partial charge in [0.15, 0.2) is 0 Å². The predicted molar refractivity (Wildman–Crippen MR) is 72.5 cm³/mol. The van der Waals surface area contributed by atoms with E-state index in [1.54, 1.807) is 0 Å². The second-order valence-corrected chi connectivity index (χ2v) is 6.52. The van der Waals surface area contributed by atoms with Gasteiger partial charge in [-0.1, -0.05) is 26.0 Å². The van der Waals surface area contributed by atoms with Crippen LogP contribution in [-0.4, -0.2) is 22.5 Å².